The molecule has 1 aliphatic rings. The summed E-state index contributed by atoms with van der Waals surface area (Å²) >= 11 is 0. The van der Waals surface area contributed by atoms with Gasteiger partial charge in [-0.05, 0) is 36.4 Å². The number of amides is 1. The Kier molecular flexibility index (Phi) is 5.31. The highest BCUT2D eigenvalue weighted by Gasteiger charge is 2.24. The topological polar surface area (TPSA) is 70.6 Å². The van der Waals surface area contributed by atoms with E-state index in [2.05, 4.69) is 22.0 Å². The lowest BCUT2D eigenvalue weighted by Gasteiger charge is -2.36. The number of carbonyl (C=O) groups excluding carboxylic acids is 1. The number of hydrogen-bond donors (Lipinski definition) is 0. The molecule has 6 nitrogen and oxygen atoms in total. The molecule has 2 aromatic carbocycles. The maximum atomic E-state index is 12.8. The fourth-order valence-electron chi connectivity index (χ4n) is 3.38. The van der Waals surface area contributed by atoms with Crippen LogP contribution in [0.5, 0.6) is 0 Å². The molecule has 0 aliphatic carbocycles. The second-order valence-corrected chi connectivity index (χ2v) is 8.71. The van der Waals surface area contributed by atoms with Gasteiger partial charge in [-0.25, -0.2) is 13.4 Å². The van der Waals surface area contributed by atoms with Crippen LogP contribution >= 0.6 is 0 Å². The van der Waals surface area contributed by atoms with Crippen molar-refractivity contribution in [3.63, 3.8) is 0 Å². The van der Waals surface area contributed by atoms with Crippen molar-refractivity contribution in [2.75, 3.05) is 31.1 Å². The van der Waals surface area contributed by atoms with Crippen molar-refractivity contribution in [2.45, 2.75) is 9.92 Å². The number of carbonyl (C=O) groups is 1. The van der Waals surface area contributed by atoms with Gasteiger partial charge in [-0.15, -0.1) is 0 Å². The summed E-state index contributed by atoms with van der Waals surface area (Å²) in [4.78, 5) is 21.1. The highest BCUT2D eigenvalue weighted by molar-refractivity contribution is 7.91. The molecule has 7 heteroatoms. The normalized spacial score (nSPS) is 14.6. The highest BCUT2D eigenvalue weighted by atomic mass is 32.2. The van der Waals surface area contributed by atoms with E-state index in [9.17, 15) is 13.2 Å². The Labute approximate surface area is 170 Å². The van der Waals surface area contributed by atoms with Gasteiger partial charge in [0.2, 0.25) is 9.84 Å². The summed E-state index contributed by atoms with van der Waals surface area (Å²) in [5.41, 5.74) is 1.54. The zero-order chi connectivity index (χ0) is 20.3. The van der Waals surface area contributed by atoms with E-state index in [-0.39, 0.29) is 15.8 Å². The van der Waals surface area contributed by atoms with Gasteiger partial charge in [0.1, 0.15) is 0 Å². The van der Waals surface area contributed by atoms with Crippen molar-refractivity contribution in [3.8, 4) is 0 Å². The van der Waals surface area contributed by atoms with Gasteiger partial charge in [-0.1, -0.05) is 36.4 Å². The van der Waals surface area contributed by atoms with Crippen LogP contribution in [-0.2, 0) is 9.84 Å². The van der Waals surface area contributed by atoms with E-state index in [4.69, 9.17) is 0 Å². The Bertz CT molecular complexity index is 1080. The van der Waals surface area contributed by atoms with Gasteiger partial charge < -0.3 is 9.80 Å². The molecule has 1 aromatic heterocycles. The SMILES string of the molecule is O=C(c1ccc(S(=O)(=O)c2ccccc2)nc1)N1CCN(c2ccccc2)CC1. The fraction of sp³-hybridized carbons (Fsp3) is 0.182. The van der Waals surface area contributed by atoms with E-state index in [1.54, 1.807) is 23.1 Å². The van der Waals surface area contributed by atoms with E-state index in [0.717, 1.165) is 18.8 Å². The van der Waals surface area contributed by atoms with Crippen molar-refractivity contribution in [2.24, 2.45) is 0 Å². The second kappa shape index (κ2) is 8.05. The van der Waals surface area contributed by atoms with Crippen LogP contribution in [0.1, 0.15) is 10.4 Å². The lowest BCUT2D eigenvalue weighted by atomic mass is 10.2. The molecule has 2 heterocycles. The zero-order valence-electron chi connectivity index (χ0n) is 15.8. The van der Waals surface area contributed by atoms with Crippen molar-refractivity contribution in [1.29, 1.82) is 0 Å². The Hall–Kier alpha value is -3.19. The number of sulfone groups is 1. The number of hydrogen-bond acceptors (Lipinski definition) is 5. The number of anilines is 1. The molecule has 0 radical (unpaired) electrons. The van der Waals surface area contributed by atoms with Crippen molar-refractivity contribution < 1.29 is 13.2 Å². The summed E-state index contributed by atoms with van der Waals surface area (Å²) in [5.74, 6) is -0.131. The molecule has 0 spiro atoms. The first-order chi connectivity index (χ1) is 14.1. The average Bonchev–Trinajstić information content (AvgIpc) is 2.80. The molecule has 0 unspecified atom stereocenters. The van der Waals surface area contributed by atoms with E-state index in [1.807, 2.05) is 18.2 Å². The van der Waals surface area contributed by atoms with Crippen LogP contribution < -0.4 is 4.90 Å². The number of aromatic nitrogens is 1. The van der Waals surface area contributed by atoms with Crippen LogP contribution in [-0.4, -0.2) is 50.4 Å². The van der Waals surface area contributed by atoms with Crippen molar-refractivity contribution in [3.05, 3.63) is 84.6 Å². The van der Waals surface area contributed by atoms with Crippen LogP contribution in [0.4, 0.5) is 5.69 Å². The van der Waals surface area contributed by atoms with Crippen LogP contribution in [0.2, 0.25) is 0 Å². The maximum Gasteiger partial charge on any atom is 0.255 e. The molecule has 1 fully saturated rings. The minimum Gasteiger partial charge on any atom is -0.368 e. The Balaban J connectivity index is 1.44. The summed E-state index contributed by atoms with van der Waals surface area (Å²) in [6.45, 7) is 2.73. The molecule has 0 atom stereocenters. The van der Waals surface area contributed by atoms with Crippen molar-refractivity contribution in [1.82, 2.24) is 9.88 Å². The molecular weight excluding hydrogens is 386 g/mol. The van der Waals surface area contributed by atoms with Gasteiger partial charge in [0.05, 0.1) is 10.5 Å². The Morgan fingerprint density at radius 2 is 1.41 bits per heavy atom. The monoisotopic (exact) mass is 407 g/mol. The molecule has 0 saturated carbocycles. The Morgan fingerprint density at radius 3 is 2.00 bits per heavy atom. The Morgan fingerprint density at radius 1 is 0.793 bits per heavy atom. The molecule has 0 bridgehead atoms. The first-order valence-electron chi connectivity index (χ1n) is 9.41. The van der Waals surface area contributed by atoms with Crippen LogP contribution in [0.15, 0.2) is 88.9 Å². The van der Waals surface area contributed by atoms with Gasteiger partial charge in [-0.3, -0.25) is 4.79 Å². The second-order valence-electron chi connectivity index (χ2n) is 6.82. The average molecular weight is 407 g/mol. The number of rotatable bonds is 4. The molecule has 1 saturated heterocycles. The van der Waals surface area contributed by atoms with E-state index in [0.29, 0.717) is 18.7 Å². The quantitative estimate of drug-likeness (QED) is 0.665. The number of nitrogens with zero attached hydrogens (tertiary/aromatic N) is 3. The predicted molar refractivity (Wildman–Crippen MR) is 111 cm³/mol. The van der Waals surface area contributed by atoms with Crippen LogP contribution in [0, 0.1) is 0 Å². The minimum atomic E-state index is -3.69. The lowest BCUT2D eigenvalue weighted by molar-refractivity contribution is 0.0746. The smallest absolute Gasteiger partial charge is 0.255 e. The van der Waals surface area contributed by atoms with Gasteiger partial charge in [-0.2, -0.15) is 0 Å². The fourth-order valence-corrected chi connectivity index (χ4v) is 4.57. The molecular formula is C22H21N3O3S. The summed E-state index contributed by atoms with van der Waals surface area (Å²) < 4.78 is 25.2. The van der Waals surface area contributed by atoms with E-state index >= 15 is 0 Å². The van der Waals surface area contributed by atoms with Gasteiger partial charge in [0, 0.05) is 38.1 Å². The van der Waals surface area contributed by atoms with E-state index < -0.39 is 9.84 Å². The summed E-state index contributed by atoms with van der Waals surface area (Å²) in [5, 5.41) is -0.0610. The summed E-state index contributed by atoms with van der Waals surface area (Å²) in [7, 11) is -3.69. The number of piperazine rings is 1. The third-order valence-corrected chi connectivity index (χ3v) is 6.69. The predicted octanol–water partition coefficient (Wildman–Crippen LogP) is 2.88. The molecule has 0 N–H and O–H groups in total. The lowest BCUT2D eigenvalue weighted by Crippen LogP contribution is -2.48. The largest absolute Gasteiger partial charge is 0.368 e. The van der Waals surface area contributed by atoms with Gasteiger partial charge >= 0.3 is 0 Å². The number of pyridine rings is 1. The van der Waals surface area contributed by atoms with Gasteiger partial charge in [0.25, 0.3) is 5.91 Å². The van der Waals surface area contributed by atoms with Crippen molar-refractivity contribution >= 4 is 21.4 Å². The first kappa shape index (κ1) is 19.1. The van der Waals surface area contributed by atoms with E-state index in [1.165, 1.54) is 30.5 Å². The first-order valence-corrected chi connectivity index (χ1v) is 10.9. The minimum absolute atomic E-state index is 0.0610. The van der Waals surface area contributed by atoms with Gasteiger partial charge in [0.15, 0.2) is 5.03 Å². The third-order valence-electron chi connectivity index (χ3n) is 5.00. The molecule has 4 rings (SSSR count). The number of benzene rings is 2. The van der Waals surface area contributed by atoms with Crippen LogP contribution in [0.25, 0.3) is 0 Å². The zero-order valence-corrected chi connectivity index (χ0v) is 16.6. The highest BCUT2D eigenvalue weighted by Crippen LogP contribution is 2.20. The maximum absolute atomic E-state index is 12.8. The molecule has 1 aliphatic heterocycles. The summed E-state index contributed by atoms with van der Waals surface area (Å²) in [6.07, 6.45) is 1.35. The van der Waals surface area contributed by atoms with Crippen LogP contribution in [0.3, 0.4) is 0 Å². The molecule has 29 heavy (non-hydrogen) atoms. The molecule has 148 valence electrons. The molecule has 3 aromatic rings. The molecule has 1 amide bonds. The third kappa shape index (κ3) is 4.00. The number of para-hydroxylation sites is 1. The standard InChI is InChI=1S/C22H21N3O3S/c26-22(25-15-13-24(14-16-25)19-7-3-1-4-8-19)18-11-12-21(23-17-18)29(27,28)20-9-5-2-6-10-20/h1-12,17H,13-16H2. The summed E-state index contributed by atoms with van der Waals surface area (Å²) in [6, 6.07) is 21.2.